The summed E-state index contributed by atoms with van der Waals surface area (Å²) >= 11 is 0. The maximum Gasteiger partial charge on any atom is 0.253 e. The number of carbonyl (C=O) groups excluding carboxylic acids is 2. The van der Waals surface area contributed by atoms with E-state index in [-0.39, 0.29) is 17.9 Å². The molecule has 1 saturated heterocycles. The highest BCUT2D eigenvalue weighted by atomic mass is 16.2. The minimum Gasteiger partial charge on any atom is -0.339 e. The molecule has 0 aromatic heterocycles. The van der Waals surface area contributed by atoms with Crippen LogP contribution in [0.25, 0.3) is 0 Å². The van der Waals surface area contributed by atoms with E-state index in [4.69, 9.17) is 5.73 Å². The zero-order valence-electron chi connectivity index (χ0n) is 14.4. The predicted molar refractivity (Wildman–Crippen MR) is 93.6 cm³/mol. The molecule has 1 heterocycles. The number of benzene rings is 1. The first-order valence-corrected chi connectivity index (χ1v) is 8.94. The molecule has 5 heteroatoms. The fourth-order valence-electron chi connectivity index (χ4n) is 3.71. The van der Waals surface area contributed by atoms with E-state index in [9.17, 15) is 9.59 Å². The Kier molecular flexibility index (Phi) is 5.19. The van der Waals surface area contributed by atoms with Crippen molar-refractivity contribution in [2.75, 3.05) is 26.2 Å². The zero-order valence-corrected chi connectivity index (χ0v) is 14.4. The lowest BCUT2D eigenvalue weighted by molar-refractivity contribution is -0.133. The predicted octanol–water partition coefficient (Wildman–Crippen LogP) is 1.80. The van der Waals surface area contributed by atoms with Crippen molar-refractivity contribution < 1.29 is 9.59 Å². The van der Waals surface area contributed by atoms with Crippen molar-refractivity contribution in [3.05, 3.63) is 35.4 Å². The van der Waals surface area contributed by atoms with Gasteiger partial charge in [-0.1, -0.05) is 24.1 Å². The Bertz CT molecular complexity index is 591. The second-order valence-corrected chi connectivity index (χ2v) is 7.10. The lowest BCUT2D eigenvalue weighted by atomic mass is 9.99. The molecular weight excluding hydrogens is 302 g/mol. The van der Waals surface area contributed by atoms with E-state index in [0.29, 0.717) is 38.5 Å². The van der Waals surface area contributed by atoms with Crippen LogP contribution in [-0.2, 0) is 4.79 Å². The van der Waals surface area contributed by atoms with E-state index in [1.165, 1.54) is 0 Å². The molecule has 1 aliphatic carbocycles. The van der Waals surface area contributed by atoms with Gasteiger partial charge >= 0.3 is 0 Å². The third-order valence-corrected chi connectivity index (χ3v) is 5.37. The van der Waals surface area contributed by atoms with E-state index >= 15 is 0 Å². The van der Waals surface area contributed by atoms with Crippen LogP contribution < -0.4 is 5.73 Å². The average molecular weight is 329 g/mol. The maximum atomic E-state index is 12.5. The Hall–Kier alpha value is -1.88. The highest BCUT2D eigenvalue weighted by molar-refractivity contribution is 5.94. The Morgan fingerprint density at radius 3 is 2.25 bits per heavy atom. The standard InChI is InChI=1S/C19H27N3O2/c1-14-5-7-15(8-6-14)19(24)22-11-9-21(10-12-22)18(23)13-16-3-2-4-17(16)20/h5-8,16-17H,2-4,9-13,20H2,1H3/t16-,17+/m0/s1. The van der Waals surface area contributed by atoms with Crippen molar-refractivity contribution in [3.63, 3.8) is 0 Å². The molecule has 2 atom stereocenters. The van der Waals surface area contributed by atoms with Crippen LogP contribution in [-0.4, -0.2) is 53.8 Å². The summed E-state index contributed by atoms with van der Waals surface area (Å²) in [5, 5.41) is 0. The Morgan fingerprint density at radius 2 is 1.67 bits per heavy atom. The Labute approximate surface area is 143 Å². The molecule has 2 aliphatic rings. The number of nitrogens with zero attached hydrogens (tertiary/aromatic N) is 2. The second-order valence-electron chi connectivity index (χ2n) is 7.10. The van der Waals surface area contributed by atoms with Crippen LogP contribution >= 0.6 is 0 Å². The molecule has 24 heavy (non-hydrogen) atoms. The average Bonchev–Trinajstić information content (AvgIpc) is 3.00. The molecule has 0 bridgehead atoms. The van der Waals surface area contributed by atoms with Crippen LogP contribution in [0, 0.1) is 12.8 Å². The van der Waals surface area contributed by atoms with Gasteiger partial charge in [-0.15, -0.1) is 0 Å². The summed E-state index contributed by atoms with van der Waals surface area (Å²) in [5.41, 5.74) is 7.94. The highest BCUT2D eigenvalue weighted by Crippen LogP contribution is 2.27. The number of piperazine rings is 1. The molecule has 0 radical (unpaired) electrons. The van der Waals surface area contributed by atoms with Crippen molar-refractivity contribution in [1.29, 1.82) is 0 Å². The van der Waals surface area contributed by atoms with Gasteiger partial charge in [-0.05, 0) is 37.8 Å². The molecular formula is C19H27N3O2. The second kappa shape index (κ2) is 7.34. The summed E-state index contributed by atoms with van der Waals surface area (Å²) in [7, 11) is 0. The van der Waals surface area contributed by atoms with Gasteiger partial charge in [0.1, 0.15) is 0 Å². The summed E-state index contributed by atoms with van der Waals surface area (Å²) in [6.45, 7) is 4.47. The van der Waals surface area contributed by atoms with E-state index < -0.39 is 0 Å². The Morgan fingerprint density at radius 1 is 1.04 bits per heavy atom. The molecule has 0 unspecified atom stereocenters. The quantitative estimate of drug-likeness (QED) is 0.919. The van der Waals surface area contributed by atoms with Gasteiger partial charge in [-0.25, -0.2) is 0 Å². The molecule has 1 aromatic carbocycles. The van der Waals surface area contributed by atoms with Crippen LogP contribution in [0.5, 0.6) is 0 Å². The summed E-state index contributed by atoms with van der Waals surface area (Å²) in [6, 6.07) is 7.83. The summed E-state index contributed by atoms with van der Waals surface area (Å²) in [5.74, 6) is 0.587. The van der Waals surface area contributed by atoms with E-state index in [1.54, 1.807) is 0 Å². The zero-order chi connectivity index (χ0) is 17.1. The molecule has 2 amide bonds. The van der Waals surface area contributed by atoms with Gasteiger partial charge < -0.3 is 15.5 Å². The van der Waals surface area contributed by atoms with Crippen molar-refractivity contribution in [3.8, 4) is 0 Å². The molecule has 1 saturated carbocycles. The SMILES string of the molecule is Cc1ccc(C(=O)N2CCN(C(=O)C[C@@H]3CCC[C@H]3N)CC2)cc1. The van der Waals surface area contributed by atoms with Gasteiger partial charge in [0, 0.05) is 44.2 Å². The lowest BCUT2D eigenvalue weighted by Gasteiger charge is -2.35. The summed E-state index contributed by atoms with van der Waals surface area (Å²) in [4.78, 5) is 28.7. The van der Waals surface area contributed by atoms with Gasteiger partial charge in [0.05, 0.1) is 0 Å². The minimum atomic E-state index is 0.0555. The topological polar surface area (TPSA) is 66.6 Å². The summed E-state index contributed by atoms with van der Waals surface area (Å²) in [6.07, 6.45) is 3.81. The largest absolute Gasteiger partial charge is 0.339 e. The molecule has 1 aromatic rings. The van der Waals surface area contributed by atoms with Crippen LogP contribution in [0.4, 0.5) is 0 Å². The molecule has 3 rings (SSSR count). The normalized spacial score (nSPS) is 24.2. The molecule has 2 N–H and O–H groups in total. The monoisotopic (exact) mass is 329 g/mol. The van der Waals surface area contributed by atoms with Gasteiger partial charge in [-0.2, -0.15) is 0 Å². The highest BCUT2D eigenvalue weighted by Gasteiger charge is 2.30. The molecule has 5 nitrogen and oxygen atoms in total. The van der Waals surface area contributed by atoms with E-state index in [1.807, 2.05) is 41.0 Å². The fraction of sp³-hybridized carbons (Fsp3) is 0.579. The van der Waals surface area contributed by atoms with Crippen molar-refractivity contribution in [2.24, 2.45) is 11.7 Å². The summed E-state index contributed by atoms with van der Waals surface area (Å²) < 4.78 is 0. The van der Waals surface area contributed by atoms with Crippen molar-refractivity contribution >= 4 is 11.8 Å². The van der Waals surface area contributed by atoms with Crippen molar-refractivity contribution in [1.82, 2.24) is 9.80 Å². The van der Waals surface area contributed by atoms with Crippen LogP contribution in [0.3, 0.4) is 0 Å². The van der Waals surface area contributed by atoms with Gasteiger partial charge in [0.15, 0.2) is 0 Å². The first-order valence-electron chi connectivity index (χ1n) is 8.94. The van der Waals surface area contributed by atoms with Gasteiger partial charge in [0.25, 0.3) is 5.91 Å². The van der Waals surface area contributed by atoms with E-state index in [2.05, 4.69) is 0 Å². The number of rotatable bonds is 3. The fourth-order valence-corrected chi connectivity index (χ4v) is 3.71. The third kappa shape index (κ3) is 3.78. The number of hydrogen-bond acceptors (Lipinski definition) is 3. The van der Waals surface area contributed by atoms with Crippen LogP contribution in [0.1, 0.15) is 41.6 Å². The number of carbonyl (C=O) groups is 2. The molecule has 130 valence electrons. The lowest BCUT2D eigenvalue weighted by Crippen LogP contribution is -2.51. The number of nitrogens with two attached hydrogens (primary N) is 1. The smallest absolute Gasteiger partial charge is 0.253 e. The molecule has 0 spiro atoms. The molecule has 1 aliphatic heterocycles. The maximum absolute atomic E-state index is 12.5. The Balaban J connectivity index is 1.50. The van der Waals surface area contributed by atoms with E-state index in [0.717, 1.165) is 30.4 Å². The number of amides is 2. The van der Waals surface area contributed by atoms with Gasteiger partial charge in [0.2, 0.25) is 5.91 Å². The van der Waals surface area contributed by atoms with Crippen LogP contribution in [0.15, 0.2) is 24.3 Å². The first-order chi connectivity index (χ1) is 11.5. The van der Waals surface area contributed by atoms with Gasteiger partial charge in [-0.3, -0.25) is 9.59 Å². The number of aryl methyl sites for hydroxylation is 1. The van der Waals surface area contributed by atoms with Crippen molar-refractivity contribution in [2.45, 2.75) is 38.6 Å². The molecule has 2 fully saturated rings. The van der Waals surface area contributed by atoms with Crippen LogP contribution in [0.2, 0.25) is 0 Å². The first kappa shape index (κ1) is 17.0. The minimum absolute atomic E-state index is 0.0555. The third-order valence-electron chi connectivity index (χ3n) is 5.37. The number of hydrogen-bond donors (Lipinski definition) is 1.